The van der Waals surface area contributed by atoms with E-state index < -0.39 is 5.41 Å². The smallest absolute Gasteiger partial charge is 0.164 e. The molecule has 11 rings (SSSR count). The van der Waals surface area contributed by atoms with Gasteiger partial charge in [-0.15, -0.1) is 0 Å². The maximum absolute atomic E-state index is 7.04. The van der Waals surface area contributed by atoms with Gasteiger partial charge in [-0.3, -0.25) is 0 Å². The number of hydrogen-bond acceptors (Lipinski definition) is 5. The lowest BCUT2D eigenvalue weighted by Gasteiger charge is -2.39. The van der Waals surface area contributed by atoms with Crippen molar-refractivity contribution in [3.8, 4) is 56.8 Å². The number of nitrogens with zero attached hydrogens (tertiary/aromatic N) is 3. The number of aromatic nitrogens is 3. The fraction of sp³-hybridized carbons (Fsp3) is 0.0217. The highest BCUT2D eigenvalue weighted by atomic mass is 16.5. The molecule has 2 aliphatic rings. The van der Waals surface area contributed by atoms with Crippen LogP contribution in [0, 0.1) is 0 Å². The van der Waals surface area contributed by atoms with E-state index in [9.17, 15) is 0 Å². The van der Waals surface area contributed by atoms with Gasteiger partial charge in [0.1, 0.15) is 22.7 Å². The molecule has 0 radical (unpaired) electrons. The normalized spacial score (nSPS) is 13.4. The summed E-state index contributed by atoms with van der Waals surface area (Å²) in [7, 11) is 0. The van der Waals surface area contributed by atoms with Gasteiger partial charge in [-0.05, 0) is 46.5 Å². The molecule has 1 spiro atoms. The summed E-state index contributed by atoms with van der Waals surface area (Å²) in [5.74, 6) is 3.39. The zero-order chi connectivity index (χ0) is 33.5. The van der Waals surface area contributed by atoms with Crippen LogP contribution in [0.3, 0.4) is 0 Å². The lowest BCUT2D eigenvalue weighted by atomic mass is 9.66. The summed E-state index contributed by atoms with van der Waals surface area (Å²) in [6, 6.07) is 56.5. The molecule has 0 N–H and O–H groups in total. The minimum Gasteiger partial charge on any atom is -0.456 e. The highest BCUT2D eigenvalue weighted by Gasteiger charge is 2.51. The topological polar surface area (TPSA) is 61.0 Å². The Morgan fingerprint density at radius 3 is 1.57 bits per heavy atom. The minimum absolute atomic E-state index is 0.566. The standard InChI is InChI=1S/C46H27N3O2/c1-3-14-28(15-4-1)43-47-44(29-16-5-2-6-17-29)49-45(48-43)32-20-13-25-38-40(32)41-39(50-38)27-26-36-42(41)51-37-24-12-11-23-35(37)46(36)33-21-9-7-18-30(33)31-19-8-10-22-34(31)46/h1-27H. The van der Waals surface area contributed by atoms with E-state index in [1.54, 1.807) is 0 Å². The van der Waals surface area contributed by atoms with Crippen molar-refractivity contribution in [2.75, 3.05) is 0 Å². The summed E-state index contributed by atoms with van der Waals surface area (Å²) in [5.41, 5.74) is 10.7. The molecule has 0 fully saturated rings. The molecule has 7 aromatic carbocycles. The van der Waals surface area contributed by atoms with Crippen LogP contribution in [0.5, 0.6) is 11.5 Å². The number of ether oxygens (including phenoxy) is 1. The molecule has 51 heavy (non-hydrogen) atoms. The van der Waals surface area contributed by atoms with Crippen molar-refractivity contribution in [2.45, 2.75) is 5.41 Å². The molecule has 0 saturated heterocycles. The first-order valence-corrected chi connectivity index (χ1v) is 17.1. The molecule has 1 aliphatic heterocycles. The van der Waals surface area contributed by atoms with Crippen LogP contribution >= 0.6 is 0 Å². The molecule has 5 heteroatoms. The SMILES string of the molecule is c1ccc(-c2nc(-c3ccccc3)nc(-c3cccc4oc5ccc6c(c5c34)Oc3ccccc3C63c4ccccc4-c4ccccc43)n2)cc1. The van der Waals surface area contributed by atoms with Gasteiger partial charge in [0.05, 0.1) is 10.8 Å². The van der Waals surface area contributed by atoms with Crippen molar-refractivity contribution in [1.82, 2.24) is 15.0 Å². The van der Waals surface area contributed by atoms with Gasteiger partial charge < -0.3 is 9.15 Å². The van der Waals surface area contributed by atoms with Gasteiger partial charge in [-0.1, -0.05) is 140 Å². The summed E-state index contributed by atoms with van der Waals surface area (Å²) in [6.45, 7) is 0. The van der Waals surface area contributed by atoms with Gasteiger partial charge in [0.25, 0.3) is 0 Å². The first kappa shape index (κ1) is 28.0. The summed E-state index contributed by atoms with van der Waals surface area (Å²) in [6.07, 6.45) is 0. The van der Waals surface area contributed by atoms with E-state index in [0.717, 1.165) is 61.3 Å². The van der Waals surface area contributed by atoms with E-state index in [-0.39, 0.29) is 0 Å². The number of benzene rings is 7. The molecule has 238 valence electrons. The Bertz CT molecular complexity index is 2740. The van der Waals surface area contributed by atoms with Crippen molar-refractivity contribution in [3.63, 3.8) is 0 Å². The van der Waals surface area contributed by atoms with Crippen molar-refractivity contribution in [3.05, 3.63) is 186 Å². The molecular formula is C46H27N3O2. The van der Waals surface area contributed by atoms with Crippen LogP contribution in [-0.4, -0.2) is 15.0 Å². The molecule has 1 aliphatic carbocycles. The van der Waals surface area contributed by atoms with Gasteiger partial charge in [0.15, 0.2) is 17.5 Å². The van der Waals surface area contributed by atoms with Gasteiger partial charge in [-0.25, -0.2) is 15.0 Å². The third-order valence-electron chi connectivity index (χ3n) is 10.4. The quantitative estimate of drug-likeness (QED) is 0.190. The van der Waals surface area contributed by atoms with Crippen LogP contribution in [0.4, 0.5) is 0 Å². The number of fused-ring (bicyclic) bond motifs is 13. The molecule has 0 bridgehead atoms. The monoisotopic (exact) mass is 653 g/mol. The number of para-hydroxylation sites is 1. The van der Waals surface area contributed by atoms with E-state index in [2.05, 4.69) is 84.9 Å². The van der Waals surface area contributed by atoms with E-state index in [0.29, 0.717) is 17.5 Å². The molecule has 0 amide bonds. The summed E-state index contributed by atoms with van der Waals surface area (Å²) in [5, 5.41) is 1.81. The zero-order valence-electron chi connectivity index (χ0n) is 27.2. The van der Waals surface area contributed by atoms with Crippen LogP contribution in [0.15, 0.2) is 168 Å². The number of hydrogen-bond donors (Lipinski definition) is 0. The average molecular weight is 654 g/mol. The predicted molar refractivity (Wildman–Crippen MR) is 201 cm³/mol. The van der Waals surface area contributed by atoms with E-state index in [1.165, 1.54) is 22.3 Å². The summed E-state index contributed by atoms with van der Waals surface area (Å²) < 4.78 is 13.7. The Kier molecular flexibility index (Phi) is 5.81. The summed E-state index contributed by atoms with van der Waals surface area (Å²) >= 11 is 0. The Morgan fingerprint density at radius 1 is 0.373 bits per heavy atom. The fourth-order valence-electron chi connectivity index (χ4n) is 8.33. The Labute approximate surface area is 293 Å². The predicted octanol–water partition coefficient (Wildman–Crippen LogP) is 11.2. The van der Waals surface area contributed by atoms with Crippen molar-refractivity contribution in [1.29, 1.82) is 0 Å². The number of rotatable bonds is 3. The van der Waals surface area contributed by atoms with Crippen molar-refractivity contribution in [2.24, 2.45) is 0 Å². The zero-order valence-corrected chi connectivity index (χ0v) is 27.2. The van der Waals surface area contributed by atoms with Crippen molar-refractivity contribution >= 4 is 21.9 Å². The third kappa shape index (κ3) is 3.88. The van der Waals surface area contributed by atoms with E-state index in [4.69, 9.17) is 24.1 Å². The van der Waals surface area contributed by atoms with Crippen LogP contribution in [-0.2, 0) is 5.41 Å². The minimum atomic E-state index is -0.585. The van der Waals surface area contributed by atoms with Gasteiger partial charge >= 0.3 is 0 Å². The molecule has 0 unspecified atom stereocenters. The molecular weight excluding hydrogens is 627 g/mol. The van der Waals surface area contributed by atoms with Crippen LogP contribution in [0.25, 0.3) is 67.2 Å². The Hall–Kier alpha value is -6.85. The van der Waals surface area contributed by atoms with Gasteiger partial charge in [0, 0.05) is 33.2 Å². The molecule has 9 aromatic rings. The highest BCUT2D eigenvalue weighted by Crippen LogP contribution is 2.63. The third-order valence-corrected chi connectivity index (χ3v) is 10.4. The average Bonchev–Trinajstić information content (AvgIpc) is 3.73. The molecule has 3 heterocycles. The van der Waals surface area contributed by atoms with Gasteiger partial charge in [-0.2, -0.15) is 0 Å². The maximum Gasteiger partial charge on any atom is 0.164 e. The molecule has 5 nitrogen and oxygen atoms in total. The summed E-state index contributed by atoms with van der Waals surface area (Å²) in [4.78, 5) is 15.2. The molecule has 0 saturated carbocycles. The second-order valence-corrected chi connectivity index (χ2v) is 13.1. The molecule has 0 atom stereocenters. The van der Waals surface area contributed by atoms with Crippen molar-refractivity contribution < 1.29 is 9.15 Å². The largest absolute Gasteiger partial charge is 0.456 e. The number of furan rings is 1. The first-order valence-electron chi connectivity index (χ1n) is 17.1. The molecule has 2 aromatic heterocycles. The lowest BCUT2D eigenvalue weighted by Crippen LogP contribution is -2.32. The second kappa shape index (κ2) is 10.6. The Morgan fingerprint density at radius 2 is 0.902 bits per heavy atom. The Balaban J connectivity index is 1.24. The van der Waals surface area contributed by atoms with E-state index >= 15 is 0 Å². The maximum atomic E-state index is 7.04. The van der Waals surface area contributed by atoms with Crippen LogP contribution in [0.1, 0.15) is 22.3 Å². The van der Waals surface area contributed by atoms with E-state index in [1.807, 2.05) is 78.9 Å². The second-order valence-electron chi connectivity index (χ2n) is 13.1. The van der Waals surface area contributed by atoms with Crippen LogP contribution < -0.4 is 4.74 Å². The lowest BCUT2D eigenvalue weighted by molar-refractivity contribution is 0.441. The fourth-order valence-corrected chi connectivity index (χ4v) is 8.33. The van der Waals surface area contributed by atoms with Gasteiger partial charge in [0.2, 0.25) is 0 Å². The highest BCUT2D eigenvalue weighted by molar-refractivity contribution is 6.15. The first-order chi connectivity index (χ1) is 25.3. The van der Waals surface area contributed by atoms with Crippen LogP contribution in [0.2, 0.25) is 0 Å².